The molecule has 200 valence electrons. The lowest BCUT2D eigenvalue weighted by Crippen LogP contribution is -2.25. The van der Waals surface area contributed by atoms with Crippen molar-refractivity contribution in [1.29, 1.82) is 0 Å². The monoisotopic (exact) mass is 550 g/mol. The second kappa shape index (κ2) is 9.06. The van der Waals surface area contributed by atoms with Crippen molar-refractivity contribution < 1.29 is 0 Å². The number of hydrogen-bond donors (Lipinski definition) is 0. The molecule has 0 spiro atoms. The summed E-state index contributed by atoms with van der Waals surface area (Å²) in [4.78, 5) is 0. The molecule has 1 aromatic heterocycles. The maximum atomic E-state index is 7.35. The normalized spacial score (nSPS) is 22.8. The predicted molar refractivity (Wildman–Crippen MR) is 170 cm³/mol. The molecule has 10 rings (SSSR count). The van der Waals surface area contributed by atoms with Gasteiger partial charge in [0.05, 0.1) is 16.2 Å². The fourth-order valence-electron chi connectivity index (χ4n) is 8.60. The number of fused-ring (bicyclic) bond motifs is 3. The molecule has 41 heavy (non-hydrogen) atoms. The maximum Gasteiger partial charge on any atom is 0.101 e. The van der Waals surface area contributed by atoms with E-state index >= 15 is 0 Å². The van der Waals surface area contributed by atoms with Gasteiger partial charge in [-0.25, -0.2) is 4.68 Å². The van der Waals surface area contributed by atoms with Crippen LogP contribution < -0.4 is 0 Å². The molecule has 2 saturated carbocycles. The molecular formula is C38H31ClN2. The lowest BCUT2D eigenvalue weighted by Gasteiger charge is -2.38. The Hall–Kier alpha value is -3.88. The lowest BCUT2D eigenvalue weighted by molar-refractivity contribution is 0.166. The Balaban J connectivity index is 1.22. The highest BCUT2D eigenvalue weighted by Gasteiger charge is 2.42. The second-order valence-electron chi connectivity index (χ2n) is 12.6. The molecule has 4 aliphatic carbocycles. The van der Waals surface area contributed by atoms with E-state index in [1.165, 1.54) is 48.4 Å². The number of hydrogen-bond acceptors (Lipinski definition) is 1. The van der Waals surface area contributed by atoms with Crippen LogP contribution in [0.4, 0.5) is 0 Å². The van der Waals surface area contributed by atoms with Crippen molar-refractivity contribution >= 4 is 33.3 Å². The molecule has 1 heterocycles. The van der Waals surface area contributed by atoms with Crippen LogP contribution in [0.25, 0.3) is 49.7 Å². The molecule has 4 bridgehead atoms. The second-order valence-corrected chi connectivity index (χ2v) is 13.0. The first-order valence-corrected chi connectivity index (χ1v) is 15.5. The molecule has 5 aromatic carbocycles. The van der Waals surface area contributed by atoms with E-state index in [1.54, 1.807) is 11.1 Å². The number of halogens is 1. The van der Waals surface area contributed by atoms with Gasteiger partial charge in [-0.1, -0.05) is 103 Å². The van der Waals surface area contributed by atoms with Crippen LogP contribution in [0.15, 0.2) is 103 Å². The third kappa shape index (κ3) is 3.66. The minimum atomic E-state index is 0.708. The third-order valence-corrected chi connectivity index (χ3v) is 10.6. The summed E-state index contributed by atoms with van der Waals surface area (Å²) in [5.74, 6) is 3.30. The van der Waals surface area contributed by atoms with Gasteiger partial charge < -0.3 is 0 Å². The van der Waals surface area contributed by atoms with Crippen LogP contribution in [-0.2, 0) is 0 Å². The number of benzene rings is 5. The fraction of sp³-hybridized carbons (Fsp3) is 0.237. The quantitative estimate of drug-likeness (QED) is 0.214. The zero-order valence-electron chi connectivity index (χ0n) is 22.9. The van der Waals surface area contributed by atoms with Gasteiger partial charge in [-0.15, -0.1) is 0 Å². The van der Waals surface area contributed by atoms with Crippen molar-refractivity contribution in [3.63, 3.8) is 0 Å². The van der Waals surface area contributed by atoms with E-state index in [9.17, 15) is 0 Å². The van der Waals surface area contributed by atoms with E-state index in [1.807, 2.05) is 0 Å². The summed E-state index contributed by atoms with van der Waals surface area (Å²) in [5, 5.41) is 9.58. The van der Waals surface area contributed by atoms with Gasteiger partial charge in [0.25, 0.3) is 0 Å². The summed E-state index contributed by atoms with van der Waals surface area (Å²) >= 11 is 7.35. The summed E-state index contributed by atoms with van der Waals surface area (Å²) in [6.07, 6.45) is 6.97. The molecule has 2 atom stereocenters. The van der Waals surface area contributed by atoms with Crippen molar-refractivity contribution in [3.8, 4) is 28.1 Å². The van der Waals surface area contributed by atoms with E-state index in [0.29, 0.717) is 5.92 Å². The Morgan fingerprint density at radius 3 is 2.22 bits per heavy atom. The third-order valence-electron chi connectivity index (χ3n) is 10.2. The first kappa shape index (κ1) is 23.8. The largest absolute Gasteiger partial charge is 0.231 e. The highest BCUT2D eigenvalue weighted by molar-refractivity contribution is 6.35. The molecular weight excluding hydrogens is 520 g/mol. The topological polar surface area (TPSA) is 17.8 Å². The molecule has 0 amide bonds. The van der Waals surface area contributed by atoms with Gasteiger partial charge in [-0.05, 0) is 95.4 Å². The molecule has 0 aliphatic heterocycles. The maximum absolute atomic E-state index is 7.35. The van der Waals surface area contributed by atoms with Crippen LogP contribution >= 0.6 is 11.6 Å². The molecule has 0 saturated heterocycles. The highest BCUT2D eigenvalue weighted by atomic mass is 35.5. The van der Waals surface area contributed by atoms with Crippen molar-refractivity contribution in [2.45, 2.75) is 43.9 Å². The molecule has 2 unspecified atom stereocenters. The minimum Gasteiger partial charge on any atom is -0.231 e. The fourth-order valence-corrected chi connectivity index (χ4v) is 8.92. The SMILES string of the molecule is Clc1c(-c2ccc3c(c2)C2CC4CC(CC3C4)C2)cccc1-n1nc(-c2ccccc2)c2c3ccccc3ccc21. The van der Waals surface area contributed by atoms with E-state index in [-0.39, 0.29) is 0 Å². The van der Waals surface area contributed by atoms with Gasteiger partial charge in [-0.2, -0.15) is 5.10 Å². The van der Waals surface area contributed by atoms with E-state index in [2.05, 4.69) is 108 Å². The lowest BCUT2D eigenvalue weighted by atomic mass is 9.67. The van der Waals surface area contributed by atoms with Crippen LogP contribution in [0.5, 0.6) is 0 Å². The molecule has 2 nitrogen and oxygen atoms in total. The van der Waals surface area contributed by atoms with E-state index < -0.39 is 0 Å². The van der Waals surface area contributed by atoms with Gasteiger partial charge in [0.2, 0.25) is 0 Å². The Kier molecular flexibility index (Phi) is 5.26. The van der Waals surface area contributed by atoms with Crippen molar-refractivity contribution in [2.75, 3.05) is 0 Å². The van der Waals surface area contributed by atoms with Gasteiger partial charge in [-0.3, -0.25) is 0 Å². The van der Waals surface area contributed by atoms with E-state index in [4.69, 9.17) is 16.7 Å². The van der Waals surface area contributed by atoms with E-state index in [0.717, 1.165) is 56.2 Å². The predicted octanol–water partition coefficient (Wildman–Crippen LogP) is 10.6. The Bertz CT molecular complexity index is 1960. The summed E-state index contributed by atoms with van der Waals surface area (Å²) in [7, 11) is 0. The average Bonchev–Trinajstić information content (AvgIpc) is 3.32. The molecule has 6 aromatic rings. The summed E-state index contributed by atoms with van der Waals surface area (Å²) in [6.45, 7) is 0. The molecule has 0 radical (unpaired) electrons. The van der Waals surface area contributed by atoms with Crippen LogP contribution in [0.1, 0.15) is 55.1 Å². The van der Waals surface area contributed by atoms with Gasteiger partial charge in [0.15, 0.2) is 0 Å². The van der Waals surface area contributed by atoms with Crippen molar-refractivity contribution in [3.05, 3.63) is 119 Å². The highest BCUT2D eigenvalue weighted by Crippen LogP contribution is 2.56. The van der Waals surface area contributed by atoms with Crippen LogP contribution in [-0.4, -0.2) is 9.78 Å². The number of nitrogens with zero attached hydrogens (tertiary/aromatic N) is 2. The Labute approximate surface area is 245 Å². The van der Waals surface area contributed by atoms with Gasteiger partial charge in [0, 0.05) is 16.5 Å². The summed E-state index contributed by atoms with van der Waals surface area (Å²) < 4.78 is 2.06. The first-order chi connectivity index (χ1) is 20.2. The van der Waals surface area contributed by atoms with Crippen LogP contribution in [0.3, 0.4) is 0 Å². The average molecular weight is 551 g/mol. The number of aromatic nitrogens is 2. The minimum absolute atomic E-state index is 0.708. The number of rotatable bonds is 3. The Morgan fingerprint density at radius 1 is 0.634 bits per heavy atom. The summed E-state index contributed by atoms with van der Waals surface area (Å²) in [5.41, 5.74) is 9.60. The Morgan fingerprint density at radius 2 is 1.39 bits per heavy atom. The standard InChI is InChI=1S/C38H31ClN2/c39-37-32(27-13-15-30-28-18-23-17-24(19-28)21-29(20-23)33(30)22-27)11-6-12-35(37)41-34-16-14-25-7-4-5-10-31(25)36(34)38(40-41)26-8-2-1-3-9-26/h1-16,22-24,28-29H,17-21H2. The van der Waals surface area contributed by atoms with Gasteiger partial charge in [0.1, 0.15) is 5.69 Å². The molecule has 2 fully saturated rings. The molecule has 3 heteroatoms. The first-order valence-electron chi connectivity index (χ1n) is 15.1. The van der Waals surface area contributed by atoms with Gasteiger partial charge >= 0.3 is 0 Å². The molecule has 4 aliphatic rings. The van der Waals surface area contributed by atoms with Crippen LogP contribution in [0, 0.1) is 11.8 Å². The van der Waals surface area contributed by atoms with Crippen LogP contribution in [0.2, 0.25) is 5.02 Å². The smallest absolute Gasteiger partial charge is 0.101 e. The molecule has 0 N–H and O–H groups in total. The van der Waals surface area contributed by atoms with Crippen molar-refractivity contribution in [2.24, 2.45) is 11.8 Å². The zero-order valence-corrected chi connectivity index (χ0v) is 23.7. The zero-order chi connectivity index (χ0) is 27.1. The summed E-state index contributed by atoms with van der Waals surface area (Å²) in [6, 6.07) is 37.1. The van der Waals surface area contributed by atoms with Crippen molar-refractivity contribution in [1.82, 2.24) is 9.78 Å².